The molecule has 5 nitrogen and oxygen atoms in total. The quantitative estimate of drug-likeness (QED) is 0.768. The number of piperidine rings is 1. The maximum absolute atomic E-state index is 12.1. The first-order valence-electron chi connectivity index (χ1n) is 6.55. The number of hydrogen-bond donors (Lipinski definition) is 2. The smallest absolute Gasteiger partial charge is 0.240 e. The highest BCUT2D eigenvalue weighted by molar-refractivity contribution is 7.89. The Bertz CT molecular complexity index is 505. The fourth-order valence-electron chi connectivity index (χ4n) is 2.23. The fourth-order valence-corrected chi connectivity index (χ4v) is 3.35. The molecule has 1 heterocycles. The van der Waals surface area contributed by atoms with E-state index < -0.39 is 10.0 Å². The number of hydrogen-bond acceptors (Lipinski definition) is 3. The average molecular weight is 284 g/mol. The van der Waals surface area contributed by atoms with Crippen LogP contribution in [0.1, 0.15) is 18.4 Å². The van der Waals surface area contributed by atoms with Gasteiger partial charge in [-0.25, -0.2) is 13.1 Å². The molecule has 1 fully saturated rings. The van der Waals surface area contributed by atoms with Gasteiger partial charge in [0.05, 0.1) is 18.0 Å². The van der Waals surface area contributed by atoms with Gasteiger partial charge >= 0.3 is 0 Å². The van der Waals surface area contributed by atoms with Crippen LogP contribution in [0, 0.1) is 18.0 Å². The average Bonchev–Trinajstić information content (AvgIpc) is 2.39. The van der Waals surface area contributed by atoms with Gasteiger partial charge in [0, 0.05) is 19.4 Å². The third kappa shape index (κ3) is 4.01. The van der Waals surface area contributed by atoms with E-state index in [4.69, 9.17) is 0 Å². The van der Waals surface area contributed by atoms with Crippen LogP contribution in [0.25, 0.3) is 0 Å². The number of quaternary nitrogens is 1. The second-order valence-corrected chi connectivity index (χ2v) is 6.91. The maximum atomic E-state index is 12.1. The van der Waals surface area contributed by atoms with Crippen LogP contribution >= 0.6 is 0 Å². The summed E-state index contributed by atoms with van der Waals surface area (Å²) >= 11 is 0. The summed E-state index contributed by atoms with van der Waals surface area (Å²) in [6.45, 7) is 3.50. The van der Waals surface area contributed by atoms with Crippen LogP contribution < -0.4 is 9.79 Å². The molecule has 0 radical (unpaired) electrons. The molecule has 2 N–H and O–H groups in total. The predicted molar refractivity (Wildman–Crippen MR) is 73.2 cm³/mol. The number of hydroxylamine groups is 2. The van der Waals surface area contributed by atoms with Crippen molar-refractivity contribution in [1.29, 1.82) is 0 Å². The molecule has 0 aromatic heterocycles. The number of nitrogens with one attached hydrogen (secondary N) is 2. The Morgan fingerprint density at radius 2 is 1.84 bits per heavy atom. The van der Waals surface area contributed by atoms with E-state index in [9.17, 15) is 13.6 Å². The molecule has 106 valence electrons. The highest BCUT2D eigenvalue weighted by Gasteiger charge is 2.21. The summed E-state index contributed by atoms with van der Waals surface area (Å²) in [6, 6.07) is 6.80. The first-order chi connectivity index (χ1) is 8.97. The van der Waals surface area contributed by atoms with Gasteiger partial charge in [0.1, 0.15) is 0 Å². The monoisotopic (exact) mass is 284 g/mol. The highest BCUT2D eigenvalue weighted by atomic mass is 32.2. The predicted octanol–water partition coefficient (Wildman–Crippen LogP) is 0.0660. The highest BCUT2D eigenvalue weighted by Crippen LogP contribution is 2.12. The van der Waals surface area contributed by atoms with E-state index in [1.54, 1.807) is 24.3 Å². The van der Waals surface area contributed by atoms with Crippen LogP contribution in [-0.2, 0) is 10.0 Å². The van der Waals surface area contributed by atoms with Gasteiger partial charge in [0.15, 0.2) is 0 Å². The number of aryl methyl sites for hydroxylation is 1. The molecule has 1 aliphatic rings. The SMILES string of the molecule is Cc1ccc(S(=O)(=O)NCC2CC[NH+]([O-])CC2)cc1. The summed E-state index contributed by atoms with van der Waals surface area (Å²) in [6.07, 6.45) is 1.57. The number of rotatable bonds is 4. The Hall–Kier alpha value is -0.950. The molecule has 0 aliphatic carbocycles. The van der Waals surface area contributed by atoms with Crippen LogP contribution in [0.3, 0.4) is 0 Å². The van der Waals surface area contributed by atoms with Gasteiger partial charge in [-0.05, 0) is 25.0 Å². The molecule has 1 saturated heterocycles. The minimum atomic E-state index is -3.42. The number of sulfonamides is 1. The topological polar surface area (TPSA) is 73.7 Å². The number of benzene rings is 1. The van der Waals surface area contributed by atoms with Gasteiger partial charge in [-0.15, -0.1) is 0 Å². The van der Waals surface area contributed by atoms with Gasteiger partial charge < -0.3 is 10.3 Å². The van der Waals surface area contributed by atoms with Crippen molar-refractivity contribution in [2.45, 2.75) is 24.7 Å². The van der Waals surface area contributed by atoms with Crippen molar-refractivity contribution in [2.24, 2.45) is 5.92 Å². The van der Waals surface area contributed by atoms with Crippen LogP contribution in [-0.4, -0.2) is 28.1 Å². The summed E-state index contributed by atoms with van der Waals surface area (Å²) in [5, 5.41) is 11.4. The normalized spacial score (nSPS) is 24.3. The molecule has 1 aromatic carbocycles. The van der Waals surface area contributed by atoms with Crippen molar-refractivity contribution in [3.63, 3.8) is 0 Å². The van der Waals surface area contributed by atoms with Gasteiger partial charge in [-0.1, -0.05) is 17.7 Å². The largest absolute Gasteiger partial charge is 0.634 e. The maximum Gasteiger partial charge on any atom is 0.240 e. The molecule has 0 bridgehead atoms. The molecule has 0 saturated carbocycles. The lowest BCUT2D eigenvalue weighted by atomic mass is 9.98. The summed E-state index contributed by atoms with van der Waals surface area (Å²) in [5.74, 6) is 0.276. The summed E-state index contributed by atoms with van der Waals surface area (Å²) < 4.78 is 26.8. The summed E-state index contributed by atoms with van der Waals surface area (Å²) in [4.78, 5) is 0.296. The molecule has 1 aliphatic heterocycles. The Balaban J connectivity index is 1.92. The first kappa shape index (κ1) is 14.5. The standard InChI is InChI=1S/C13H20N2O3S/c1-11-2-4-13(5-3-11)19(17,18)14-10-12-6-8-15(16)9-7-12/h2-5,12,14-15H,6-10H2,1H3. The molecule has 6 heteroatoms. The molecule has 0 atom stereocenters. The third-order valence-electron chi connectivity index (χ3n) is 3.56. The Labute approximate surface area is 114 Å². The Morgan fingerprint density at radius 1 is 1.26 bits per heavy atom. The second kappa shape index (κ2) is 6.00. The van der Waals surface area contributed by atoms with E-state index in [2.05, 4.69) is 4.72 Å². The lowest BCUT2D eigenvalue weighted by molar-refractivity contribution is -0.854. The van der Waals surface area contributed by atoms with E-state index in [0.29, 0.717) is 24.5 Å². The van der Waals surface area contributed by atoms with Gasteiger partial charge in [-0.3, -0.25) is 0 Å². The van der Waals surface area contributed by atoms with E-state index in [1.807, 2.05) is 6.92 Å². The molecular weight excluding hydrogens is 264 g/mol. The summed E-state index contributed by atoms with van der Waals surface area (Å²) in [5.41, 5.74) is 1.03. The van der Waals surface area contributed by atoms with E-state index in [-0.39, 0.29) is 11.0 Å². The molecule has 0 amide bonds. The first-order valence-corrected chi connectivity index (χ1v) is 8.04. The zero-order chi connectivity index (χ0) is 13.9. The molecule has 2 rings (SSSR count). The zero-order valence-electron chi connectivity index (χ0n) is 11.1. The molecule has 19 heavy (non-hydrogen) atoms. The third-order valence-corrected chi connectivity index (χ3v) is 5.00. The van der Waals surface area contributed by atoms with Gasteiger partial charge in [0.2, 0.25) is 10.0 Å². The van der Waals surface area contributed by atoms with Crippen LogP contribution in [0.5, 0.6) is 0 Å². The zero-order valence-corrected chi connectivity index (χ0v) is 11.9. The molecular formula is C13H20N2O3S. The molecule has 0 spiro atoms. The van der Waals surface area contributed by atoms with Crippen LogP contribution in [0.2, 0.25) is 0 Å². The minimum absolute atomic E-state index is 0.276. The Kier molecular flexibility index (Phi) is 4.57. The van der Waals surface area contributed by atoms with Crippen molar-refractivity contribution in [1.82, 2.24) is 4.72 Å². The lowest BCUT2D eigenvalue weighted by Crippen LogP contribution is -3.08. The van der Waals surface area contributed by atoms with E-state index in [1.165, 1.54) is 0 Å². The molecule has 1 aromatic rings. The van der Waals surface area contributed by atoms with Crippen molar-refractivity contribution in [2.75, 3.05) is 19.6 Å². The van der Waals surface area contributed by atoms with Gasteiger partial charge in [0.25, 0.3) is 0 Å². The van der Waals surface area contributed by atoms with E-state index in [0.717, 1.165) is 18.4 Å². The van der Waals surface area contributed by atoms with Crippen molar-refractivity contribution in [3.05, 3.63) is 35.0 Å². The van der Waals surface area contributed by atoms with Gasteiger partial charge in [-0.2, -0.15) is 0 Å². The fraction of sp³-hybridized carbons (Fsp3) is 0.538. The second-order valence-electron chi connectivity index (χ2n) is 5.15. The summed E-state index contributed by atoms with van der Waals surface area (Å²) in [7, 11) is -3.42. The molecule has 0 unspecified atom stereocenters. The lowest BCUT2D eigenvalue weighted by Gasteiger charge is -2.31. The van der Waals surface area contributed by atoms with Crippen molar-refractivity contribution >= 4 is 10.0 Å². The minimum Gasteiger partial charge on any atom is -0.634 e. The van der Waals surface area contributed by atoms with Crippen molar-refractivity contribution in [3.8, 4) is 0 Å². The Morgan fingerprint density at radius 3 is 2.42 bits per heavy atom. The van der Waals surface area contributed by atoms with Crippen molar-refractivity contribution < 1.29 is 13.5 Å². The van der Waals surface area contributed by atoms with E-state index >= 15 is 0 Å². The van der Waals surface area contributed by atoms with Crippen LogP contribution in [0.15, 0.2) is 29.2 Å². The van der Waals surface area contributed by atoms with Crippen LogP contribution in [0.4, 0.5) is 0 Å².